The minimum atomic E-state index is -0.333. The minimum absolute atomic E-state index is 0.333. The molecule has 0 bridgehead atoms. The van der Waals surface area contributed by atoms with E-state index in [0.717, 1.165) is 5.56 Å². The van der Waals surface area contributed by atoms with E-state index in [4.69, 9.17) is 4.74 Å². The highest BCUT2D eigenvalue weighted by Gasteiger charge is 2.07. The van der Waals surface area contributed by atoms with Crippen molar-refractivity contribution in [2.45, 2.75) is 6.54 Å². The van der Waals surface area contributed by atoms with Gasteiger partial charge in [-0.25, -0.2) is 14.4 Å². The van der Waals surface area contributed by atoms with Crippen molar-refractivity contribution in [1.29, 1.82) is 0 Å². The molecular formula is C12H11BrFN3O. The Balaban J connectivity index is 2.25. The van der Waals surface area contributed by atoms with Gasteiger partial charge in [-0.2, -0.15) is 0 Å². The molecule has 0 atom stereocenters. The predicted octanol–water partition coefficient (Wildman–Crippen LogP) is 2.89. The van der Waals surface area contributed by atoms with E-state index in [2.05, 4.69) is 31.2 Å². The molecule has 0 saturated carbocycles. The van der Waals surface area contributed by atoms with Crippen molar-refractivity contribution in [3.63, 3.8) is 0 Å². The molecule has 1 aromatic carbocycles. The van der Waals surface area contributed by atoms with Crippen molar-refractivity contribution in [2.75, 3.05) is 7.05 Å². The fourth-order valence-corrected chi connectivity index (χ4v) is 1.76. The molecule has 2 rings (SSSR count). The molecule has 1 aromatic heterocycles. The second kappa shape index (κ2) is 5.88. The molecule has 0 fully saturated rings. The van der Waals surface area contributed by atoms with E-state index >= 15 is 0 Å². The van der Waals surface area contributed by atoms with E-state index in [1.807, 2.05) is 7.05 Å². The maximum absolute atomic E-state index is 13.1. The lowest BCUT2D eigenvalue weighted by Gasteiger charge is -2.09. The summed E-state index contributed by atoms with van der Waals surface area (Å²) in [4.78, 5) is 8.00. The van der Waals surface area contributed by atoms with Crippen molar-refractivity contribution < 1.29 is 9.13 Å². The number of benzene rings is 1. The van der Waals surface area contributed by atoms with Crippen LogP contribution in [0.5, 0.6) is 11.6 Å². The van der Waals surface area contributed by atoms with Gasteiger partial charge < -0.3 is 10.1 Å². The van der Waals surface area contributed by atoms with Crippen LogP contribution in [-0.4, -0.2) is 17.0 Å². The summed E-state index contributed by atoms with van der Waals surface area (Å²) in [5.74, 6) is 0.637. The number of hydrogen-bond donors (Lipinski definition) is 1. The highest BCUT2D eigenvalue weighted by atomic mass is 79.9. The largest absolute Gasteiger partial charge is 0.439 e. The second-order valence-electron chi connectivity index (χ2n) is 3.56. The summed E-state index contributed by atoms with van der Waals surface area (Å²) in [6.45, 7) is 0.596. The Bertz CT molecular complexity index is 551. The van der Waals surface area contributed by atoms with Gasteiger partial charge in [0, 0.05) is 18.3 Å². The molecule has 4 nitrogen and oxygen atoms in total. The zero-order chi connectivity index (χ0) is 13.0. The smallest absolute Gasteiger partial charge is 0.226 e. The first-order valence-electron chi connectivity index (χ1n) is 5.27. The zero-order valence-electron chi connectivity index (χ0n) is 9.65. The Morgan fingerprint density at radius 3 is 3.00 bits per heavy atom. The SMILES string of the molecule is CNCc1cncnc1Oc1ccc(F)c(Br)c1. The van der Waals surface area contributed by atoms with Gasteiger partial charge in [-0.1, -0.05) is 0 Å². The van der Waals surface area contributed by atoms with Crippen molar-refractivity contribution in [2.24, 2.45) is 0 Å². The fraction of sp³-hybridized carbons (Fsp3) is 0.167. The lowest BCUT2D eigenvalue weighted by atomic mass is 10.3. The number of nitrogens with one attached hydrogen (secondary N) is 1. The first-order valence-corrected chi connectivity index (χ1v) is 6.06. The molecule has 0 unspecified atom stereocenters. The summed E-state index contributed by atoms with van der Waals surface area (Å²) in [5, 5.41) is 3.00. The number of halogens is 2. The molecule has 1 heterocycles. The zero-order valence-corrected chi connectivity index (χ0v) is 11.2. The molecule has 0 amide bonds. The number of hydrogen-bond acceptors (Lipinski definition) is 4. The van der Waals surface area contributed by atoms with Crippen LogP contribution in [0.4, 0.5) is 4.39 Å². The van der Waals surface area contributed by atoms with Crippen molar-refractivity contribution >= 4 is 15.9 Å². The van der Waals surface area contributed by atoms with Crippen LogP contribution in [-0.2, 0) is 6.54 Å². The highest BCUT2D eigenvalue weighted by Crippen LogP contribution is 2.26. The summed E-state index contributed by atoms with van der Waals surface area (Å²) in [6.07, 6.45) is 3.09. The molecule has 0 aliphatic carbocycles. The molecule has 94 valence electrons. The maximum atomic E-state index is 13.1. The van der Waals surface area contributed by atoms with Crippen molar-refractivity contribution in [3.05, 3.63) is 46.6 Å². The Kier molecular flexibility index (Phi) is 4.22. The molecule has 0 radical (unpaired) electrons. The van der Waals surface area contributed by atoms with Gasteiger partial charge in [0.15, 0.2) is 0 Å². The first kappa shape index (κ1) is 12.9. The van der Waals surface area contributed by atoms with Crippen molar-refractivity contribution in [3.8, 4) is 11.6 Å². The summed E-state index contributed by atoms with van der Waals surface area (Å²) in [7, 11) is 1.82. The Morgan fingerprint density at radius 2 is 2.28 bits per heavy atom. The molecule has 18 heavy (non-hydrogen) atoms. The Hall–Kier alpha value is -1.53. The van der Waals surface area contributed by atoms with Crippen LogP contribution >= 0.6 is 15.9 Å². The lowest BCUT2D eigenvalue weighted by molar-refractivity contribution is 0.450. The minimum Gasteiger partial charge on any atom is -0.439 e. The topological polar surface area (TPSA) is 47.0 Å². The van der Waals surface area contributed by atoms with Gasteiger partial charge in [-0.3, -0.25) is 0 Å². The average molecular weight is 312 g/mol. The number of nitrogens with zero attached hydrogens (tertiary/aromatic N) is 2. The molecule has 0 aliphatic rings. The van der Waals surface area contributed by atoms with Crippen LogP contribution in [0.2, 0.25) is 0 Å². The van der Waals surface area contributed by atoms with Gasteiger partial charge in [0.05, 0.1) is 4.47 Å². The normalized spacial score (nSPS) is 10.4. The monoisotopic (exact) mass is 311 g/mol. The third kappa shape index (κ3) is 3.02. The van der Waals surface area contributed by atoms with Gasteiger partial charge in [-0.05, 0) is 41.2 Å². The highest BCUT2D eigenvalue weighted by molar-refractivity contribution is 9.10. The molecule has 6 heteroatoms. The van der Waals surface area contributed by atoms with Gasteiger partial charge in [-0.15, -0.1) is 0 Å². The van der Waals surface area contributed by atoms with Crippen LogP contribution in [0.15, 0.2) is 35.2 Å². The van der Waals surface area contributed by atoms with E-state index in [-0.39, 0.29) is 5.82 Å². The van der Waals surface area contributed by atoms with Gasteiger partial charge in [0.25, 0.3) is 0 Å². The van der Waals surface area contributed by atoms with Gasteiger partial charge >= 0.3 is 0 Å². The van der Waals surface area contributed by atoms with Gasteiger partial charge in [0.2, 0.25) is 5.88 Å². The van der Waals surface area contributed by atoms with Gasteiger partial charge in [0.1, 0.15) is 17.9 Å². The average Bonchev–Trinajstić information content (AvgIpc) is 2.37. The summed E-state index contributed by atoms with van der Waals surface area (Å²) >= 11 is 3.11. The lowest BCUT2D eigenvalue weighted by Crippen LogP contribution is -2.07. The molecule has 1 N–H and O–H groups in total. The summed E-state index contributed by atoms with van der Waals surface area (Å²) < 4.78 is 19.1. The Morgan fingerprint density at radius 1 is 1.44 bits per heavy atom. The van der Waals surface area contributed by atoms with Crippen LogP contribution in [0.3, 0.4) is 0 Å². The Labute approximate surface area is 112 Å². The van der Waals surface area contributed by atoms with Crippen LogP contribution in [0, 0.1) is 5.82 Å². The predicted molar refractivity (Wildman–Crippen MR) is 69.0 cm³/mol. The van der Waals surface area contributed by atoms with Crippen LogP contribution in [0.1, 0.15) is 5.56 Å². The summed E-state index contributed by atoms with van der Waals surface area (Å²) in [5.41, 5.74) is 0.834. The summed E-state index contributed by atoms with van der Waals surface area (Å²) in [6, 6.07) is 4.43. The van der Waals surface area contributed by atoms with E-state index in [1.165, 1.54) is 12.4 Å². The molecule has 0 spiro atoms. The third-order valence-electron chi connectivity index (χ3n) is 2.22. The molecule has 0 aliphatic heterocycles. The number of ether oxygens (including phenoxy) is 1. The van der Waals surface area contributed by atoms with Crippen molar-refractivity contribution in [1.82, 2.24) is 15.3 Å². The fourth-order valence-electron chi connectivity index (χ4n) is 1.40. The third-order valence-corrected chi connectivity index (χ3v) is 2.83. The standard InChI is InChI=1S/C12H11BrFN3O/c1-15-5-8-6-16-7-17-12(8)18-9-2-3-11(14)10(13)4-9/h2-4,6-7,15H,5H2,1H3. The maximum Gasteiger partial charge on any atom is 0.226 e. The van der Waals surface area contributed by atoms with Crippen LogP contribution in [0.25, 0.3) is 0 Å². The molecule has 2 aromatic rings. The van der Waals surface area contributed by atoms with E-state index < -0.39 is 0 Å². The van der Waals surface area contributed by atoms with E-state index in [0.29, 0.717) is 22.6 Å². The van der Waals surface area contributed by atoms with E-state index in [9.17, 15) is 4.39 Å². The quantitative estimate of drug-likeness (QED) is 0.943. The molecule has 0 saturated heterocycles. The number of rotatable bonds is 4. The van der Waals surface area contributed by atoms with Crippen LogP contribution < -0.4 is 10.1 Å². The first-order chi connectivity index (χ1) is 8.70. The van der Waals surface area contributed by atoms with E-state index in [1.54, 1.807) is 18.3 Å². The second-order valence-corrected chi connectivity index (χ2v) is 4.42. The molecular weight excluding hydrogens is 301 g/mol. The number of aromatic nitrogens is 2.